The average molecular weight is 453 g/mol. The minimum absolute atomic E-state index is 0.181. The molecule has 0 atom stereocenters. The second-order valence-electron chi connectivity index (χ2n) is 11.3. The molecule has 2 aromatic carbocycles. The number of hydrogen-bond donors (Lipinski definition) is 0. The van der Waals surface area contributed by atoms with E-state index < -0.39 is 5.41 Å². The van der Waals surface area contributed by atoms with Crippen LogP contribution in [0.25, 0.3) is 0 Å². The molecule has 0 saturated heterocycles. The van der Waals surface area contributed by atoms with E-state index in [2.05, 4.69) is 72.7 Å². The van der Waals surface area contributed by atoms with Gasteiger partial charge in [0.15, 0.2) is 0 Å². The maximum absolute atomic E-state index is 12.7. The Morgan fingerprint density at radius 1 is 0.697 bits per heavy atom. The van der Waals surface area contributed by atoms with Crippen LogP contribution in [0.1, 0.15) is 102 Å². The van der Waals surface area contributed by atoms with Crippen molar-refractivity contribution in [3.8, 4) is 11.5 Å². The molecule has 2 aromatic rings. The Bertz CT molecular complexity index is 979. The van der Waals surface area contributed by atoms with Gasteiger partial charge < -0.3 is 9.47 Å². The van der Waals surface area contributed by atoms with Crippen LogP contribution in [0.15, 0.2) is 24.3 Å². The normalized spacial score (nSPS) is 12.6. The van der Waals surface area contributed by atoms with Crippen molar-refractivity contribution in [1.82, 2.24) is 0 Å². The second-order valence-corrected chi connectivity index (χ2v) is 11.3. The fraction of sp³-hybridized carbons (Fsp3) is 0.567. The van der Waals surface area contributed by atoms with Gasteiger partial charge in [-0.3, -0.25) is 4.79 Å². The third-order valence-corrected chi connectivity index (χ3v) is 7.23. The van der Waals surface area contributed by atoms with Crippen LogP contribution in [0, 0.1) is 33.1 Å². The first-order valence-electron chi connectivity index (χ1n) is 12.2. The number of carbonyl (C=O) groups excluding carboxylic acids is 1. The summed E-state index contributed by atoms with van der Waals surface area (Å²) in [6.45, 7) is 25.1. The zero-order valence-electron chi connectivity index (χ0n) is 22.9. The molecule has 0 aliphatic carbocycles. The molecule has 0 heterocycles. The van der Waals surface area contributed by atoms with Crippen LogP contribution in [0.4, 0.5) is 0 Å². The van der Waals surface area contributed by atoms with E-state index in [9.17, 15) is 4.79 Å². The molecule has 0 aliphatic rings. The van der Waals surface area contributed by atoms with Crippen molar-refractivity contribution in [2.75, 3.05) is 0 Å². The van der Waals surface area contributed by atoms with E-state index in [0.29, 0.717) is 5.75 Å². The number of ether oxygens (including phenoxy) is 2. The van der Waals surface area contributed by atoms with Crippen molar-refractivity contribution in [1.29, 1.82) is 0 Å². The zero-order valence-corrected chi connectivity index (χ0v) is 22.9. The largest absolute Gasteiger partial charge is 0.487 e. The smallest absolute Gasteiger partial charge is 0.316 e. The molecule has 0 spiro atoms. The number of aryl methyl sites for hydroxylation is 4. The molecule has 0 amide bonds. The summed E-state index contributed by atoms with van der Waals surface area (Å²) in [5.74, 6) is 1.48. The lowest BCUT2D eigenvalue weighted by atomic mass is 9.76. The lowest BCUT2D eigenvalue weighted by molar-refractivity contribution is -0.144. The van der Waals surface area contributed by atoms with Crippen LogP contribution < -0.4 is 9.47 Å². The average Bonchev–Trinajstić information content (AvgIpc) is 2.72. The molecule has 0 N–H and O–H groups in total. The van der Waals surface area contributed by atoms with Crippen LogP contribution >= 0.6 is 0 Å². The summed E-state index contributed by atoms with van der Waals surface area (Å²) >= 11 is 0. The molecule has 0 aromatic heterocycles. The van der Waals surface area contributed by atoms with Crippen LogP contribution in [0.3, 0.4) is 0 Å². The molecule has 0 fully saturated rings. The van der Waals surface area contributed by atoms with Gasteiger partial charge in [0.05, 0.1) is 5.41 Å². The molecule has 0 unspecified atom stereocenters. The summed E-state index contributed by atoms with van der Waals surface area (Å²) in [6, 6.07) is 8.81. The maximum atomic E-state index is 12.7. The van der Waals surface area contributed by atoms with Gasteiger partial charge in [0, 0.05) is 5.41 Å². The first-order valence-corrected chi connectivity index (χ1v) is 12.2. The van der Waals surface area contributed by atoms with Gasteiger partial charge in [-0.1, -0.05) is 52.0 Å². The predicted molar refractivity (Wildman–Crippen MR) is 139 cm³/mol. The van der Waals surface area contributed by atoms with Crippen LogP contribution in [-0.4, -0.2) is 11.6 Å². The lowest BCUT2D eigenvalue weighted by Gasteiger charge is -2.31. The van der Waals surface area contributed by atoms with Crippen molar-refractivity contribution < 1.29 is 14.3 Å². The topological polar surface area (TPSA) is 35.5 Å². The van der Waals surface area contributed by atoms with Gasteiger partial charge in [0.2, 0.25) is 0 Å². The molecule has 3 heteroatoms. The highest BCUT2D eigenvalue weighted by molar-refractivity contribution is 5.79. The summed E-state index contributed by atoms with van der Waals surface area (Å²) in [5, 5.41) is 0. The Morgan fingerprint density at radius 3 is 1.45 bits per heavy atom. The lowest BCUT2D eigenvalue weighted by Crippen LogP contribution is -2.29. The Morgan fingerprint density at radius 2 is 1.09 bits per heavy atom. The van der Waals surface area contributed by atoms with Gasteiger partial charge >= 0.3 is 5.97 Å². The summed E-state index contributed by atoms with van der Waals surface area (Å²) in [4.78, 5) is 12.7. The second kappa shape index (κ2) is 9.52. The van der Waals surface area contributed by atoms with E-state index in [1.54, 1.807) is 0 Å². The highest BCUT2D eigenvalue weighted by Crippen LogP contribution is 2.39. The standard InChI is InChI=1S/C30H44O3/c1-13-28(7,8)27(31)32-25-19(3)15-23(16-20(25)4)30(11,12)24-17-21(5)26(22(6)18-24)33-29(9,10)14-2/h15-18H,13-14H2,1-12H3. The molecule has 0 aliphatic heterocycles. The van der Waals surface area contributed by atoms with Gasteiger partial charge in [0.25, 0.3) is 0 Å². The Kier molecular flexibility index (Phi) is 7.78. The van der Waals surface area contributed by atoms with Crippen molar-refractivity contribution in [3.05, 3.63) is 57.6 Å². The van der Waals surface area contributed by atoms with E-state index in [0.717, 1.165) is 40.8 Å². The van der Waals surface area contributed by atoms with Gasteiger partial charge in [-0.2, -0.15) is 0 Å². The van der Waals surface area contributed by atoms with E-state index >= 15 is 0 Å². The maximum Gasteiger partial charge on any atom is 0.316 e. The molecule has 182 valence electrons. The molecule has 0 saturated carbocycles. The van der Waals surface area contributed by atoms with Crippen molar-refractivity contribution in [3.63, 3.8) is 0 Å². The molecule has 33 heavy (non-hydrogen) atoms. The van der Waals surface area contributed by atoms with Crippen LogP contribution in [0.2, 0.25) is 0 Å². The first-order chi connectivity index (χ1) is 15.1. The summed E-state index contributed by atoms with van der Waals surface area (Å²) in [5.41, 5.74) is 5.81. The third-order valence-electron chi connectivity index (χ3n) is 7.23. The molecule has 2 rings (SSSR count). The van der Waals surface area contributed by atoms with E-state index in [1.807, 2.05) is 34.6 Å². The Balaban J connectivity index is 2.45. The third kappa shape index (κ3) is 5.80. The minimum atomic E-state index is -0.498. The number of esters is 1. The van der Waals surface area contributed by atoms with E-state index in [1.165, 1.54) is 11.1 Å². The fourth-order valence-electron chi connectivity index (χ4n) is 3.83. The number of carbonyl (C=O) groups is 1. The summed E-state index contributed by atoms with van der Waals surface area (Å²) in [6.07, 6.45) is 1.69. The van der Waals surface area contributed by atoms with Crippen molar-refractivity contribution in [2.45, 2.75) is 107 Å². The van der Waals surface area contributed by atoms with Gasteiger partial charge in [-0.25, -0.2) is 0 Å². The fourth-order valence-corrected chi connectivity index (χ4v) is 3.83. The SMILES string of the molecule is CCC(C)(C)Oc1c(C)cc(C(C)(C)c2cc(C)c(OC(=O)C(C)(C)CC)c(C)c2)cc1C. The molecular formula is C30H44O3. The summed E-state index contributed by atoms with van der Waals surface area (Å²) < 4.78 is 12.2. The minimum Gasteiger partial charge on any atom is -0.487 e. The highest BCUT2D eigenvalue weighted by atomic mass is 16.5. The van der Waals surface area contributed by atoms with Crippen molar-refractivity contribution >= 4 is 5.97 Å². The van der Waals surface area contributed by atoms with E-state index in [4.69, 9.17) is 9.47 Å². The van der Waals surface area contributed by atoms with Gasteiger partial charge in [0.1, 0.15) is 17.1 Å². The van der Waals surface area contributed by atoms with Crippen molar-refractivity contribution in [2.24, 2.45) is 5.41 Å². The monoisotopic (exact) mass is 452 g/mol. The molecule has 3 nitrogen and oxygen atoms in total. The zero-order chi connectivity index (χ0) is 25.4. The summed E-state index contributed by atoms with van der Waals surface area (Å²) in [7, 11) is 0. The first kappa shape index (κ1) is 27.0. The number of rotatable bonds is 8. The molecular weight excluding hydrogens is 408 g/mol. The van der Waals surface area contributed by atoms with Crippen LogP contribution in [0.5, 0.6) is 11.5 Å². The van der Waals surface area contributed by atoms with E-state index in [-0.39, 0.29) is 17.0 Å². The molecule has 0 bridgehead atoms. The quantitative estimate of drug-likeness (QED) is 0.299. The number of benzene rings is 2. The van der Waals surface area contributed by atoms with Gasteiger partial charge in [-0.15, -0.1) is 0 Å². The Hall–Kier alpha value is -2.29. The predicted octanol–water partition coefficient (Wildman–Crippen LogP) is 8.16. The molecule has 0 radical (unpaired) electrons. The van der Waals surface area contributed by atoms with Gasteiger partial charge in [-0.05, 0) is 102 Å². The highest BCUT2D eigenvalue weighted by Gasteiger charge is 2.30. The number of hydrogen-bond acceptors (Lipinski definition) is 3. The Labute approximate surface area is 201 Å². The van der Waals surface area contributed by atoms with Crippen LogP contribution in [-0.2, 0) is 10.2 Å².